The second-order valence-corrected chi connectivity index (χ2v) is 4.72. The summed E-state index contributed by atoms with van der Waals surface area (Å²) in [6.07, 6.45) is 4.27. The molecule has 2 unspecified atom stereocenters. The molecular weight excluding hydrogens is 240 g/mol. The maximum Gasteiger partial charge on any atom is 0.204 e. The van der Waals surface area contributed by atoms with Crippen molar-refractivity contribution >= 4 is 11.2 Å². The third kappa shape index (κ3) is 1.81. The predicted molar refractivity (Wildman–Crippen MR) is 70.1 cm³/mol. The lowest BCUT2D eigenvalue weighted by Crippen LogP contribution is -2.20. The molecule has 1 N–H and O–H groups in total. The van der Waals surface area contributed by atoms with Crippen molar-refractivity contribution in [1.82, 2.24) is 25.1 Å². The Hall–Kier alpha value is -2.50. The Balaban J connectivity index is 1.55. The third-order valence-electron chi connectivity index (χ3n) is 3.42. The summed E-state index contributed by atoms with van der Waals surface area (Å²) in [5, 5.41) is 8.08. The van der Waals surface area contributed by atoms with Crippen molar-refractivity contribution in [2.24, 2.45) is 0 Å². The summed E-state index contributed by atoms with van der Waals surface area (Å²) in [5.74, 6) is 0.544. The van der Waals surface area contributed by atoms with Gasteiger partial charge in [-0.1, -0.05) is 30.3 Å². The van der Waals surface area contributed by atoms with Gasteiger partial charge in [0, 0.05) is 5.92 Å². The predicted octanol–water partition coefficient (Wildman–Crippen LogP) is 1.32. The van der Waals surface area contributed by atoms with Crippen LogP contribution >= 0.6 is 0 Å². The Labute approximate surface area is 109 Å². The molecule has 1 fully saturated rings. The van der Waals surface area contributed by atoms with Crippen molar-refractivity contribution < 1.29 is 0 Å². The van der Waals surface area contributed by atoms with Crippen molar-refractivity contribution in [3.8, 4) is 0 Å². The molecule has 0 amide bonds. The first kappa shape index (κ1) is 10.4. The fraction of sp³-hybridized carbons (Fsp3) is 0.231. The molecule has 2 atom stereocenters. The summed E-state index contributed by atoms with van der Waals surface area (Å²) in [6.45, 7) is 0. The quantitative estimate of drug-likeness (QED) is 0.761. The van der Waals surface area contributed by atoms with E-state index in [1.165, 1.54) is 11.9 Å². The van der Waals surface area contributed by atoms with Crippen LogP contribution in [0.15, 0.2) is 42.9 Å². The van der Waals surface area contributed by atoms with Crippen LogP contribution in [0.25, 0.3) is 11.2 Å². The van der Waals surface area contributed by atoms with Gasteiger partial charge in [0.1, 0.15) is 6.33 Å². The molecule has 6 nitrogen and oxygen atoms in total. The number of nitrogens with one attached hydrogen (secondary N) is 1. The van der Waals surface area contributed by atoms with Crippen molar-refractivity contribution in [2.45, 2.75) is 18.4 Å². The lowest BCUT2D eigenvalue weighted by Gasteiger charge is -2.05. The number of benzene rings is 1. The Morgan fingerprint density at radius 1 is 1.21 bits per heavy atom. The van der Waals surface area contributed by atoms with Crippen LogP contribution in [0.2, 0.25) is 0 Å². The summed E-state index contributed by atoms with van der Waals surface area (Å²) in [5.41, 5.74) is 6.12. The van der Waals surface area contributed by atoms with E-state index in [1.807, 2.05) is 6.07 Å². The maximum absolute atomic E-state index is 4.18. The summed E-state index contributed by atoms with van der Waals surface area (Å²) in [6, 6.07) is 10.9. The zero-order valence-corrected chi connectivity index (χ0v) is 10.1. The smallest absolute Gasteiger partial charge is 0.204 e. The maximum atomic E-state index is 4.18. The SMILES string of the molecule is c1ccc(C2CC2Nn2nnc3cncnc32)cc1. The van der Waals surface area contributed by atoms with Crippen molar-refractivity contribution in [2.75, 3.05) is 5.43 Å². The van der Waals surface area contributed by atoms with Gasteiger partial charge in [0.25, 0.3) is 0 Å². The Kier molecular flexibility index (Phi) is 2.20. The highest BCUT2D eigenvalue weighted by Gasteiger charge is 2.39. The summed E-state index contributed by atoms with van der Waals surface area (Å²) in [7, 11) is 0. The van der Waals surface area contributed by atoms with Gasteiger partial charge < -0.3 is 5.43 Å². The molecule has 0 aliphatic heterocycles. The van der Waals surface area contributed by atoms with Gasteiger partial charge in [0.05, 0.1) is 12.2 Å². The minimum absolute atomic E-state index is 0.391. The van der Waals surface area contributed by atoms with Crippen LogP contribution in [0, 0.1) is 0 Å². The van der Waals surface area contributed by atoms with E-state index in [4.69, 9.17) is 0 Å². The van der Waals surface area contributed by atoms with Crippen molar-refractivity contribution in [1.29, 1.82) is 0 Å². The van der Waals surface area contributed by atoms with Gasteiger partial charge in [-0.25, -0.2) is 9.97 Å². The second kappa shape index (κ2) is 4.01. The van der Waals surface area contributed by atoms with Crippen LogP contribution in [0.5, 0.6) is 0 Å². The molecule has 1 saturated carbocycles. The standard InChI is InChI=1S/C13H12N6/c1-2-4-9(5-3-1)10-6-11(10)17-19-13-12(16-18-19)7-14-8-15-13/h1-5,7-8,10-11,17H,6H2. The highest BCUT2D eigenvalue weighted by Crippen LogP contribution is 2.41. The van der Waals surface area contributed by atoms with Gasteiger partial charge in [0.2, 0.25) is 5.65 Å². The first-order chi connectivity index (χ1) is 9.42. The van der Waals surface area contributed by atoms with E-state index in [9.17, 15) is 0 Å². The normalized spacial score (nSPS) is 21.5. The van der Waals surface area contributed by atoms with Gasteiger partial charge in [-0.15, -0.1) is 9.89 Å². The molecule has 3 aromatic rings. The minimum atomic E-state index is 0.391. The first-order valence-electron chi connectivity index (χ1n) is 6.25. The van der Waals surface area contributed by atoms with E-state index in [2.05, 4.69) is 50.0 Å². The van der Waals surface area contributed by atoms with E-state index in [-0.39, 0.29) is 0 Å². The third-order valence-corrected chi connectivity index (χ3v) is 3.42. The molecule has 6 heteroatoms. The van der Waals surface area contributed by atoms with Crippen LogP contribution in [-0.2, 0) is 0 Å². The molecule has 19 heavy (non-hydrogen) atoms. The number of fused-ring (bicyclic) bond motifs is 1. The summed E-state index contributed by atoms with van der Waals surface area (Å²) in [4.78, 5) is 9.76. The highest BCUT2D eigenvalue weighted by molar-refractivity contribution is 5.67. The van der Waals surface area contributed by atoms with E-state index in [0.717, 1.165) is 6.42 Å². The monoisotopic (exact) mass is 252 g/mol. The molecule has 1 aliphatic carbocycles. The fourth-order valence-corrected chi connectivity index (χ4v) is 2.34. The van der Waals surface area contributed by atoms with Crippen molar-refractivity contribution in [3.63, 3.8) is 0 Å². The summed E-state index contributed by atoms with van der Waals surface area (Å²) < 4.78 is 0. The summed E-state index contributed by atoms with van der Waals surface area (Å²) >= 11 is 0. The number of hydrogen-bond acceptors (Lipinski definition) is 5. The van der Waals surface area contributed by atoms with Gasteiger partial charge in [0.15, 0.2) is 5.52 Å². The molecule has 2 aromatic heterocycles. The fourth-order valence-electron chi connectivity index (χ4n) is 2.34. The van der Waals surface area contributed by atoms with Gasteiger partial charge in [-0.3, -0.25) is 0 Å². The number of aromatic nitrogens is 5. The van der Waals surface area contributed by atoms with Gasteiger partial charge in [-0.2, -0.15) is 0 Å². The molecule has 4 rings (SSSR count). The van der Waals surface area contributed by atoms with E-state index >= 15 is 0 Å². The largest absolute Gasteiger partial charge is 0.303 e. The zero-order chi connectivity index (χ0) is 12.7. The van der Waals surface area contributed by atoms with E-state index in [0.29, 0.717) is 23.1 Å². The molecule has 0 spiro atoms. The minimum Gasteiger partial charge on any atom is -0.303 e. The van der Waals surface area contributed by atoms with E-state index in [1.54, 1.807) is 11.0 Å². The number of nitrogens with zero attached hydrogens (tertiary/aromatic N) is 5. The van der Waals surface area contributed by atoms with E-state index < -0.39 is 0 Å². The molecule has 1 aliphatic rings. The molecule has 0 radical (unpaired) electrons. The Bertz CT molecular complexity index is 707. The van der Waals surface area contributed by atoms with Gasteiger partial charge in [-0.05, 0) is 17.2 Å². The average molecular weight is 252 g/mol. The van der Waals surface area contributed by atoms with Crippen LogP contribution in [0.1, 0.15) is 17.9 Å². The van der Waals surface area contributed by atoms with Crippen molar-refractivity contribution in [3.05, 3.63) is 48.4 Å². The Morgan fingerprint density at radius 3 is 3.00 bits per heavy atom. The lowest BCUT2D eigenvalue weighted by atomic mass is 10.1. The lowest BCUT2D eigenvalue weighted by molar-refractivity contribution is 0.695. The molecular formula is C13H12N6. The molecule has 94 valence electrons. The van der Waals surface area contributed by atoms with Gasteiger partial charge >= 0.3 is 0 Å². The zero-order valence-electron chi connectivity index (χ0n) is 10.1. The van der Waals surface area contributed by atoms with Crippen LogP contribution < -0.4 is 5.43 Å². The highest BCUT2D eigenvalue weighted by atomic mass is 15.6. The van der Waals surface area contributed by atoms with Crippen LogP contribution in [0.3, 0.4) is 0 Å². The topological polar surface area (TPSA) is 68.5 Å². The molecule has 0 saturated heterocycles. The second-order valence-electron chi connectivity index (χ2n) is 4.72. The first-order valence-corrected chi connectivity index (χ1v) is 6.25. The Morgan fingerprint density at radius 2 is 2.11 bits per heavy atom. The molecule has 2 heterocycles. The number of rotatable bonds is 3. The van der Waals surface area contributed by atoms with Crippen LogP contribution in [-0.4, -0.2) is 31.1 Å². The van der Waals surface area contributed by atoms with Crippen LogP contribution in [0.4, 0.5) is 0 Å². The molecule has 0 bridgehead atoms. The molecule has 1 aromatic carbocycles. The average Bonchev–Trinajstić information content (AvgIpc) is 3.13. The number of hydrogen-bond donors (Lipinski definition) is 1.